The van der Waals surface area contributed by atoms with Crippen molar-refractivity contribution in [3.05, 3.63) is 60.4 Å². The van der Waals surface area contributed by atoms with Crippen molar-refractivity contribution in [3.63, 3.8) is 0 Å². The first-order valence-corrected chi connectivity index (χ1v) is 18.8. The average molecular weight is 649 g/mol. The zero-order valence-corrected chi connectivity index (χ0v) is 29.1. The molecule has 12 heteroatoms. The molecule has 1 fully saturated rings. The van der Waals surface area contributed by atoms with Crippen molar-refractivity contribution in [3.8, 4) is 33.9 Å². The Morgan fingerprint density at radius 2 is 1.74 bits per heavy atom. The lowest BCUT2D eigenvalue weighted by Crippen LogP contribution is -2.37. The molecular weight excluding hydrogens is 600 g/mol. The van der Waals surface area contributed by atoms with Gasteiger partial charge in [0.15, 0.2) is 0 Å². The van der Waals surface area contributed by atoms with Crippen LogP contribution in [0.1, 0.15) is 64.3 Å². The highest BCUT2D eigenvalue weighted by Gasteiger charge is 2.36. The fourth-order valence-corrected chi connectivity index (χ4v) is 5.94. The van der Waals surface area contributed by atoms with Gasteiger partial charge in [-0.25, -0.2) is 24.8 Å². The molecule has 5 rings (SSSR count). The Hall–Kier alpha value is -3.74. The number of carbonyl (C=O) groups is 1. The van der Waals surface area contributed by atoms with Gasteiger partial charge in [-0.3, -0.25) is 4.90 Å². The number of H-pyrrole nitrogens is 1. The summed E-state index contributed by atoms with van der Waals surface area (Å²) in [7, 11) is 1.22. The molecule has 4 aromatic rings. The molecule has 4 heterocycles. The summed E-state index contributed by atoms with van der Waals surface area (Å²) in [4.78, 5) is 27.6. The van der Waals surface area contributed by atoms with Gasteiger partial charge in [-0.1, -0.05) is 24.3 Å². The molecule has 0 aliphatic carbocycles. The van der Waals surface area contributed by atoms with E-state index in [1.165, 1.54) is 0 Å². The quantitative estimate of drug-likeness (QED) is 0.179. The third kappa shape index (κ3) is 8.15. The molecule has 0 saturated carbocycles. The highest BCUT2D eigenvalue weighted by Crippen LogP contribution is 2.36. The molecule has 3 aromatic heterocycles. The molecule has 1 saturated heterocycles. The number of benzene rings is 1. The summed E-state index contributed by atoms with van der Waals surface area (Å²) in [5, 5.41) is 12.4. The zero-order chi connectivity index (χ0) is 33.1. The van der Waals surface area contributed by atoms with Gasteiger partial charge in [0.25, 0.3) is 0 Å². The van der Waals surface area contributed by atoms with Gasteiger partial charge in [0.05, 0.1) is 48.2 Å². The van der Waals surface area contributed by atoms with Crippen LogP contribution in [0.5, 0.6) is 0 Å². The Balaban J connectivity index is 1.38. The van der Waals surface area contributed by atoms with E-state index in [4.69, 9.17) is 14.5 Å². The standard InChI is InChI=1S/C34H48N8O3S/c1-23(35-5)31-36-20-28(38-31)25-13-11-24(12-14-25)26-15-16-27(40-39-26)30-21-37-32(42(30)22-44-18-19-46(6,7)8)29-10-9-17-41(29)33(43)45-34(2,3)4/h11-16,20-21,23,29,35H,9-10,17-19,22H2,1-8H3,(H,36,38)/t23-,29-/m0/s1. The molecule has 2 N–H and O–H groups in total. The molecule has 0 radical (unpaired) electrons. The summed E-state index contributed by atoms with van der Waals surface area (Å²) in [6.45, 7) is 9.31. The number of hydrogen-bond acceptors (Lipinski definition) is 8. The summed E-state index contributed by atoms with van der Waals surface area (Å²) in [6.07, 6.45) is 11.9. The van der Waals surface area contributed by atoms with E-state index in [0.717, 1.165) is 58.5 Å². The number of nitrogens with one attached hydrogen (secondary N) is 2. The number of imidazole rings is 2. The highest BCUT2D eigenvalue weighted by atomic mass is 32.3. The van der Waals surface area contributed by atoms with E-state index in [2.05, 4.69) is 63.3 Å². The second kappa shape index (κ2) is 13.9. The van der Waals surface area contributed by atoms with Crippen molar-refractivity contribution < 1.29 is 14.3 Å². The summed E-state index contributed by atoms with van der Waals surface area (Å²) < 4.78 is 14.0. The first-order valence-electron chi connectivity index (χ1n) is 15.8. The lowest BCUT2D eigenvalue weighted by atomic mass is 10.1. The van der Waals surface area contributed by atoms with Crippen molar-refractivity contribution in [2.75, 3.05) is 44.7 Å². The molecule has 1 aliphatic rings. The van der Waals surface area contributed by atoms with E-state index in [1.807, 2.05) is 69.0 Å². The molecule has 2 atom stereocenters. The van der Waals surface area contributed by atoms with Gasteiger partial charge in [0.1, 0.15) is 29.7 Å². The van der Waals surface area contributed by atoms with E-state index in [0.29, 0.717) is 25.6 Å². The highest BCUT2D eigenvalue weighted by molar-refractivity contribution is 8.32. The van der Waals surface area contributed by atoms with Crippen LogP contribution in [0.2, 0.25) is 0 Å². The van der Waals surface area contributed by atoms with Crippen molar-refractivity contribution in [2.24, 2.45) is 0 Å². The SMILES string of the molecule is CN[C@@H](C)c1ncc(-c2ccc(-c3ccc(-c4cnc([C@@H]5CCCN5C(=O)OC(C)(C)C)n4COCCS(C)(C)C)nn3)cc2)[nH]1. The number of nitrogens with zero attached hydrogens (tertiary/aromatic N) is 6. The number of hydrogen-bond donors (Lipinski definition) is 2. The van der Waals surface area contributed by atoms with Gasteiger partial charge >= 0.3 is 6.09 Å². The van der Waals surface area contributed by atoms with Gasteiger partial charge in [-0.2, -0.15) is 0 Å². The van der Waals surface area contributed by atoms with E-state index in [-0.39, 0.29) is 18.2 Å². The van der Waals surface area contributed by atoms with Crippen molar-refractivity contribution >= 4 is 16.1 Å². The molecule has 248 valence electrons. The van der Waals surface area contributed by atoms with Gasteiger partial charge in [0, 0.05) is 17.9 Å². The molecule has 1 aliphatic heterocycles. The maximum atomic E-state index is 13.1. The second-order valence-corrected chi connectivity index (χ2v) is 18.3. The van der Waals surface area contributed by atoms with Crippen LogP contribution in [-0.4, -0.2) is 91.0 Å². The van der Waals surface area contributed by atoms with Gasteiger partial charge < -0.3 is 24.3 Å². The van der Waals surface area contributed by atoms with Crippen LogP contribution in [-0.2, 0) is 16.2 Å². The summed E-state index contributed by atoms with van der Waals surface area (Å²) >= 11 is 0. The summed E-state index contributed by atoms with van der Waals surface area (Å²) in [5.41, 5.74) is 4.66. The smallest absolute Gasteiger partial charge is 0.410 e. The molecule has 1 aromatic carbocycles. The predicted octanol–water partition coefficient (Wildman–Crippen LogP) is 6.42. The average Bonchev–Trinajstić information content (AvgIpc) is 3.78. The van der Waals surface area contributed by atoms with Crippen LogP contribution in [0.15, 0.2) is 48.8 Å². The molecule has 11 nitrogen and oxygen atoms in total. The molecule has 0 bridgehead atoms. The minimum atomic E-state index is -0.693. The predicted molar refractivity (Wildman–Crippen MR) is 185 cm³/mol. The minimum Gasteiger partial charge on any atom is -0.444 e. The minimum absolute atomic E-state index is 0.146. The molecular formula is C34H48N8O3S. The number of aromatic amines is 1. The van der Waals surface area contributed by atoms with Crippen LogP contribution in [0, 0.1) is 0 Å². The van der Waals surface area contributed by atoms with E-state index >= 15 is 0 Å². The van der Waals surface area contributed by atoms with E-state index in [1.54, 1.807) is 4.90 Å². The van der Waals surface area contributed by atoms with Gasteiger partial charge in [-0.05, 0) is 84.0 Å². The van der Waals surface area contributed by atoms with E-state index < -0.39 is 15.6 Å². The Kier molecular flexibility index (Phi) is 10.2. The van der Waals surface area contributed by atoms with Gasteiger partial charge in [0.2, 0.25) is 0 Å². The third-order valence-corrected chi connectivity index (χ3v) is 9.37. The van der Waals surface area contributed by atoms with Gasteiger partial charge in [-0.15, -0.1) is 10.2 Å². The first kappa shape index (κ1) is 33.6. The normalized spacial score (nSPS) is 16.5. The van der Waals surface area contributed by atoms with Crippen LogP contribution in [0.3, 0.4) is 0 Å². The largest absolute Gasteiger partial charge is 0.444 e. The molecule has 0 unspecified atom stereocenters. The lowest BCUT2D eigenvalue weighted by Gasteiger charge is -2.29. The van der Waals surface area contributed by atoms with Crippen molar-refractivity contribution in [1.82, 2.24) is 39.9 Å². The van der Waals surface area contributed by atoms with Crippen LogP contribution in [0.25, 0.3) is 33.9 Å². The fraction of sp³-hybridized carbons (Fsp3) is 0.500. The zero-order valence-electron chi connectivity index (χ0n) is 28.3. The lowest BCUT2D eigenvalue weighted by molar-refractivity contribution is 0.0205. The molecule has 46 heavy (non-hydrogen) atoms. The summed E-state index contributed by atoms with van der Waals surface area (Å²) in [5.74, 6) is 2.68. The van der Waals surface area contributed by atoms with Crippen LogP contribution >= 0.6 is 10.0 Å². The van der Waals surface area contributed by atoms with Crippen molar-refractivity contribution in [2.45, 2.75) is 65.0 Å². The Morgan fingerprint density at radius 3 is 2.39 bits per heavy atom. The third-order valence-electron chi connectivity index (χ3n) is 7.98. The van der Waals surface area contributed by atoms with Crippen molar-refractivity contribution in [1.29, 1.82) is 0 Å². The number of ether oxygens (including phenoxy) is 2. The maximum Gasteiger partial charge on any atom is 0.410 e. The first-order chi connectivity index (χ1) is 21.8. The number of carbonyl (C=O) groups excluding carboxylic acids is 1. The topological polar surface area (TPSA) is 123 Å². The van der Waals surface area contributed by atoms with E-state index in [9.17, 15) is 4.79 Å². The summed E-state index contributed by atoms with van der Waals surface area (Å²) in [6, 6.07) is 12.1. The molecule has 1 amide bonds. The monoisotopic (exact) mass is 648 g/mol. The van der Waals surface area contributed by atoms with Crippen LogP contribution in [0.4, 0.5) is 4.79 Å². The number of likely N-dealkylation sites (tertiary alicyclic amines) is 1. The molecule has 0 spiro atoms. The number of amides is 1. The maximum absolute atomic E-state index is 13.1. The fourth-order valence-electron chi connectivity index (χ4n) is 5.32. The van der Waals surface area contributed by atoms with Crippen LogP contribution < -0.4 is 5.32 Å². The Labute approximate surface area is 273 Å². The Bertz CT molecular complexity index is 1600. The number of rotatable bonds is 11. The second-order valence-electron chi connectivity index (χ2n) is 13.7. The number of aromatic nitrogens is 6. The Morgan fingerprint density at radius 1 is 1.04 bits per heavy atom.